The molecule has 0 fully saturated rings. The molecule has 0 aromatic heterocycles. The zero-order valence-electron chi connectivity index (χ0n) is 10.3. The first-order valence-electron chi connectivity index (χ1n) is 4.99. The van der Waals surface area contributed by atoms with Crippen LogP contribution >= 0.6 is 11.9 Å². The molecule has 0 saturated heterocycles. The maximum Gasteiger partial charge on any atom is 0.420 e. The summed E-state index contributed by atoms with van der Waals surface area (Å²) in [5.74, 6) is 0. The average molecular weight is 249 g/mol. The number of carbonyl (C=O) groups is 2. The van der Waals surface area contributed by atoms with E-state index in [0.717, 1.165) is 16.3 Å². The molecule has 0 rings (SSSR count). The van der Waals surface area contributed by atoms with Crippen LogP contribution < -0.4 is 0 Å². The first-order valence-corrected chi connectivity index (χ1v) is 5.76. The van der Waals surface area contributed by atoms with Crippen LogP contribution in [0.3, 0.4) is 0 Å². The Morgan fingerprint density at radius 3 is 2.25 bits per heavy atom. The molecular weight excluding hydrogens is 230 g/mol. The molecule has 5 nitrogen and oxygen atoms in total. The third kappa shape index (κ3) is 7.53. The van der Waals surface area contributed by atoms with Crippen molar-refractivity contribution >= 4 is 23.2 Å². The molecule has 94 valence electrons. The quantitative estimate of drug-likeness (QED) is 0.756. The van der Waals surface area contributed by atoms with Crippen molar-refractivity contribution in [1.82, 2.24) is 4.31 Å². The first kappa shape index (κ1) is 15.2. The van der Waals surface area contributed by atoms with E-state index in [9.17, 15) is 14.7 Å². The Morgan fingerprint density at radius 2 is 1.94 bits per heavy atom. The lowest BCUT2D eigenvalue weighted by molar-refractivity contribution is -0.109. The topological polar surface area (TPSA) is 66.8 Å². The molecule has 0 aliphatic heterocycles. The van der Waals surface area contributed by atoms with Crippen molar-refractivity contribution in [3.05, 3.63) is 0 Å². The van der Waals surface area contributed by atoms with Crippen LogP contribution in [0.2, 0.25) is 0 Å². The molecule has 0 saturated carbocycles. The largest absolute Gasteiger partial charge is 0.443 e. The SMILES string of the molecule is CC(=O)SN(CC(C)O)C(=O)OC(C)(C)C. The standard InChI is InChI=1S/C10H19NO4S/c1-7(12)6-11(16-8(2)13)9(14)15-10(3,4)5/h7,12H,6H2,1-5H3. The van der Waals surface area contributed by atoms with Crippen LogP contribution in [0.4, 0.5) is 4.79 Å². The smallest absolute Gasteiger partial charge is 0.420 e. The minimum absolute atomic E-state index is 0.0547. The molecule has 6 heteroatoms. The fraction of sp³-hybridized carbons (Fsp3) is 0.800. The molecule has 1 unspecified atom stereocenters. The molecule has 0 aromatic rings. The number of aliphatic hydroxyl groups is 1. The van der Waals surface area contributed by atoms with Crippen LogP contribution in [-0.2, 0) is 9.53 Å². The van der Waals surface area contributed by atoms with E-state index < -0.39 is 17.8 Å². The van der Waals surface area contributed by atoms with E-state index in [4.69, 9.17) is 4.74 Å². The molecule has 1 atom stereocenters. The number of hydrogen-bond acceptors (Lipinski definition) is 5. The summed E-state index contributed by atoms with van der Waals surface area (Å²) < 4.78 is 6.23. The van der Waals surface area contributed by atoms with Gasteiger partial charge in [-0.2, -0.15) is 0 Å². The van der Waals surface area contributed by atoms with Crippen LogP contribution in [0.15, 0.2) is 0 Å². The van der Waals surface area contributed by atoms with Gasteiger partial charge in [-0.3, -0.25) is 4.79 Å². The van der Waals surface area contributed by atoms with Gasteiger partial charge in [-0.1, -0.05) is 0 Å². The number of rotatable bonds is 2. The average Bonchev–Trinajstić information content (AvgIpc) is 1.97. The zero-order chi connectivity index (χ0) is 12.9. The Hall–Kier alpha value is -0.750. The van der Waals surface area contributed by atoms with Crippen LogP contribution in [0.1, 0.15) is 34.6 Å². The second-order valence-electron chi connectivity index (χ2n) is 4.47. The Kier molecular flexibility index (Phi) is 5.81. The third-order valence-corrected chi connectivity index (χ3v) is 2.04. The van der Waals surface area contributed by atoms with Gasteiger partial charge in [-0.25, -0.2) is 9.10 Å². The van der Waals surface area contributed by atoms with E-state index in [1.165, 1.54) is 13.8 Å². The highest BCUT2D eigenvalue weighted by Crippen LogP contribution is 2.17. The minimum Gasteiger partial charge on any atom is -0.443 e. The molecular formula is C10H19NO4S. The fourth-order valence-corrected chi connectivity index (χ4v) is 1.57. The van der Waals surface area contributed by atoms with Gasteiger partial charge < -0.3 is 9.84 Å². The predicted octanol–water partition coefficient (Wildman–Crippen LogP) is 1.80. The highest BCUT2D eigenvalue weighted by molar-refractivity contribution is 8.11. The number of hydrogen-bond donors (Lipinski definition) is 1. The van der Waals surface area contributed by atoms with Crippen LogP contribution in [0.5, 0.6) is 0 Å². The molecule has 1 amide bonds. The number of carbonyl (C=O) groups excluding carboxylic acids is 2. The molecule has 16 heavy (non-hydrogen) atoms. The summed E-state index contributed by atoms with van der Waals surface area (Å²) in [6.45, 7) is 8.17. The van der Waals surface area contributed by atoms with E-state index in [1.807, 2.05) is 0 Å². The van der Waals surface area contributed by atoms with E-state index >= 15 is 0 Å². The molecule has 1 N–H and O–H groups in total. The first-order chi connectivity index (χ1) is 7.11. The molecule has 0 radical (unpaired) electrons. The van der Waals surface area contributed by atoms with Crippen molar-refractivity contribution in [1.29, 1.82) is 0 Å². The van der Waals surface area contributed by atoms with Gasteiger partial charge in [0.25, 0.3) is 0 Å². The van der Waals surface area contributed by atoms with Gasteiger partial charge in [-0.15, -0.1) is 0 Å². The van der Waals surface area contributed by atoms with Crippen LogP contribution in [-0.4, -0.2) is 38.9 Å². The van der Waals surface area contributed by atoms with Crippen molar-refractivity contribution in [2.45, 2.75) is 46.3 Å². The summed E-state index contributed by atoms with van der Waals surface area (Å²) in [4.78, 5) is 22.6. The summed E-state index contributed by atoms with van der Waals surface area (Å²) in [6, 6.07) is 0. The van der Waals surface area contributed by atoms with Crippen molar-refractivity contribution < 1.29 is 19.4 Å². The number of amides is 1. The van der Waals surface area contributed by atoms with Crippen molar-refractivity contribution in [2.75, 3.05) is 6.54 Å². The predicted molar refractivity (Wildman–Crippen MR) is 62.9 cm³/mol. The lowest BCUT2D eigenvalue weighted by Crippen LogP contribution is -2.36. The summed E-state index contributed by atoms with van der Waals surface area (Å²) >= 11 is 0.737. The maximum absolute atomic E-state index is 11.6. The van der Waals surface area contributed by atoms with Crippen LogP contribution in [0, 0.1) is 0 Å². The minimum atomic E-state index is -0.709. The van der Waals surface area contributed by atoms with Crippen molar-refractivity contribution in [3.63, 3.8) is 0 Å². The summed E-state index contributed by atoms with van der Waals surface area (Å²) in [6.07, 6.45) is -1.33. The maximum atomic E-state index is 11.6. The van der Waals surface area contributed by atoms with Crippen molar-refractivity contribution in [2.24, 2.45) is 0 Å². The van der Waals surface area contributed by atoms with Crippen molar-refractivity contribution in [3.8, 4) is 0 Å². The monoisotopic (exact) mass is 249 g/mol. The Balaban J connectivity index is 4.49. The molecule has 0 bridgehead atoms. The number of aliphatic hydroxyl groups excluding tert-OH is 1. The second-order valence-corrected chi connectivity index (χ2v) is 5.67. The Morgan fingerprint density at radius 1 is 1.44 bits per heavy atom. The molecule has 0 spiro atoms. The lowest BCUT2D eigenvalue weighted by Gasteiger charge is -2.26. The summed E-state index contributed by atoms with van der Waals surface area (Å²) in [5.41, 5.74) is -0.620. The fourth-order valence-electron chi connectivity index (χ4n) is 0.857. The molecule has 0 aliphatic rings. The van der Waals surface area contributed by atoms with Gasteiger partial charge in [0.15, 0.2) is 0 Å². The summed E-state index contributed by atoms with van der Waals surface area (Å²) in [7, 11) is 0. The lowest BCUT2D eigenvalue weighted by atomic mass is 10.2. The molecule has 0 aromatic carbocycles. The van der Waals surface area contributed by atoms with Gasteiger partial charge in [0.1, 0.15) is 5.60 Å². The van der Waals surface area contributed by atoms with E-state index in [1.54, 1.807) is 20.8 Å². The second kappa shape index (κ2) is 6.10. The van der Waals surface area contributed by atoms with Crippen LogP contribution in [0.25, 0.3) is 0 Å². The van der Waals surface area contributed by atoms with Gasteiger partial charge in [0.05, 0.1) is 12.6 Å². The third-order valence-electron chi connectivity index (χ3n) is 1.27. The Bertz CT molecular complexity index is 260. The number of ether oxygens (including phenoxy) is 1. The zero-order valence-corrected chi connectivity index (χ0v) is 11.1. The summed E-state index contributed by atoms with van der Waals surface area (Å²) in [5, 5.41) is 8.98. The molecule has 0 aliphatic carbocycles. The van der Waals surface area contributed by atoms with E-state index in [-0.39, 0.29) is 11.7 Å². The highest BCUT2D eigenvalue weighted by Gasteiger charge is 2.24. The Labute approximate surface area is 100 Å². The highest BCUT2D eigenvalue weighted by atomic mass is 32.2. The van der Waals surface area contributed by atoms with E-state index in [2.05, 4.69) is 0 Å². The normalized spacial score (nSPS) is 13.1. The van der Waals surface area contributed by atoms with Gasteiger partial charge in [-0.05, 0) is 27.7 Å². The number of nitrogens with zero attached hydrogens (tertiary/aromatic N) is 1. The van der Waals surface area contributed by atoms with Gasteiger partial charge >= 0.3 is 6.09 Å². The van der Waals surface area contributed by atoms with Gasteiger partial charge in [0.2, 0.25) is 5.12 Å². The van der Waals surface area contributed by atoms with E-state index in [0.29, 0.717) is 0 Å². The van der Waals surface area contributed by atoms with Gasteiger partial charge in [0, 0.05) is 18.9 Å². The molecule has 0 heterocycles.